The molecule has 3 aliphatic rings. The largest absolute Gasteiger partial charge is 0.573 e. The molecule has 0 saturated heterocycles. The van der Waals surface area contributed by atoms with Gasteiger partial charge < -0.3 is 20.1 Å². The van der Waals surface area contributed by atoms with Crippen LogP contribution in [0.15, 0.2) is 18.5 Å². The molecule has 2 heterocycles. The number of aromatic nitrogens is 3. The molecule has 2 bridgehead atoms. The van der Waals surface area contributed by atoms with Gasteiger partial charge in [0.15, 0.2) is 11.6 Å². The van der Waals surface area contributed by atoms with E-state index in [1.54, 1.807) is 6.20 Å². The number of alkyl halides is 4. The van der Waals surface area contributed by atoms with Crippen molar-refractivity contribution in [1.29, 1.82) is 0 Å². The molecule has 158 valence electrons. The Bertz CT molecular complexity index is 921. The standard InChI is InChI=1S/C19H22F4N4O2/c1-9(2)15(28)17-26-13(8-27(17)18-4-11(5-18)12(20)6-18)10-3-14(16(24)25-7-10)29-19(21,22)23/h3,7-9,11-12,15,28H,4-6H2,1-2H3,(H2,24,25). The number of fused-ring (bicyclic) bond motifs is 1. The highest BCUT2D eigenvalue weighted by Gasteiger charge is 2.58. The van der Waals surface area contributed by atoms with Crippen molar-refractivity contribution in [3.63, 3.8) is 0 Å². The van der Waals surface area contributed by atoms with E-state index in [0.29, 0.717) is 30.8 Å². The number of aliphatic hydroxyl groups excluding tert-OH is 1. The predicted molar refractivity (Wildman–Crippen MR) is 96.6 cm³/mol. The number of ether oxygens (including phenoxy) is 1. The lowest BCUT2D eigenvalue weighted by molar-refractivity contribution is -0.274. The molecular weight excluding hydrogens is 392 g/mol. The number of hydrogen-bond acceptors (Lipinski definition) is 5. The number of halogens is 4. The molecule has 2 atom stereocenters. The lowest BCUT2D eigenvalue weighted by Crippen LogP contribution is -2.40. The lowest BCUT2D eigenvalue weighted by Gasteiger charge is -2.41. The van der Waals surface area contributed by atoms with Gasteiger partial charge in [-0.15, -0.1) is 13.2 Å². The molecule has 6 nitrogen and oxygen atoms in total. The summed E-state index contributed by atoms with van der Waals surface area (Å²) in [6.07, 6.45) is -2.10. The number of nitrogens with two attached hydrogens (primary N) is 1. The molecule has 5 rings (SSSR count). The summed E-state index contributed by atoms with van der Waals surface area (Å²) in [7, 11) is 0. The first-order valence-corrected chi connectivity index (χ1v) is 9.42. The van der Waals surface area contributed by atoms with Gasteiger partial charge in [0.25, 0.3) is 0 Å². The van der Waals surface area contributed by atoms with Gasteiger partial charge in [-0.25, -0.2) is 14.4 Å². The van der Waals surface area contributed by atoms with Crippen molar-refractivity contribution in [3.8, 4) is 17.0 Å². The summed E-state index contributed by atoms with van der Waals surface area (Å²) in [5.41, 5.74) is 5.62. The SMILES string of the molecule is CC(C)C(O)c1nc(-c2cnc(N)c(OC(F)(F)F)c2)cn1C12CC(F)C(C1)C2. The zero-order chi connectivity index (χ0) is 21.1. The van der Waals surface area contributed by atoms with E-state index in [-0.39, 0.29) is 17.4 Å². The molecule has 3 fully saturated rings. The Morgan fingerprint density at radius 1 is 1.31 bits per heavy atom. The van der Waals surface area contributed by atoms with Crippen molar-refractivity contribution in [3.05, 3.63) is 24.3 Å². The maximum absolute atomic E-state index is 14.1. The molecule has 0 aliphatic heterocycles. The Labute approximate surface area is 164 Å². The van der Waals surface area contributed by atoms with Crippen molar-refractivity contribution in [2.45, 2.75) is 57.3 Å². The van der Waals surface area contributed by atoms with E-state index in [0.717, 1.165) is 6.07 Å². The van der Waals surface area contributed by atoms with E-state index in [9.17, 15) is 22.7 Å². The average Bonchev–Trinajstić information content (AvgIpc) is 3.24. The molecule has 2 aromatic rings. The smallest absolute Gasteiger partial charge is 0.402 e. The lowest BCUT2D eigenvalue weighted by atomic mass is 9.76. The highest BCUT2D eigenvalue weighted by atomic mass is 19.4. The van der Waals surface area contributed by atoms with E-state index in [1.807, 2.05) is 18.4 Å². The van der Waals surface area contributed by atoms with Gasteiger partial charge in [-0.3, -0.25) is 0 Å². The van der Waals surface area contributed by atoms with Gasteiger partial charge in [-0.2, -0.15) is 0 Å². The molecule has 3 aliphatic carbocycles. The highest BCUT2D eigenvalue weighted by Crippen LogP contribution is 2.59. The van der Waals surface area contributed by atoms with E-state index in [2.05, 4.69) is 14.7 Å². The minimum Gasteiger partial charge on any atom is -0.402 e. The molecule has 0 aromatic carbocycles. The number of imidazole rings is 1. The fourth-order valence-electron chi connectivity index (χ4n) is 4.39. The molecule has 2 unspecified atom stereocenters. The molecule has 29 heavy (non-hydrogen) atoms. The number of nitrogens with zero attached hydrogens (tertiary/aromatic N) is 3. The summed E-state index contributed by atoms with van der Waals surface area (Å²) in [5.74, 6) is -0.786. The summed E-state index contributed by atoms with van der Waals surface area (Å²) in [4.78, 5) is 8.26. The van der Waals surface area contributed by atoms with Crippen molar-refractivity contribution in [2.75, 3.05) is 5.73 Å². The van der Waals surface area contributed by atoms with Crippen LogP contribution in [0.2, 0.25) is 0 Å². The highest BCUT2D eigenvalue weighted by molar-refractivity contribution is 5.64. The minimum atomic E-state index is -4.91. The summed E-state index contributed by atoms with van der Waals surface area (Å²) >= 11 is 0. The molecule has 0 amide bonds. The topological polar surface area (TPSA) is 86.2 Å². The van der Waals surface area contributed by atoms with Gasteiger partial charge in [0, 0.05) is 29.9 Å². The van der Waals surface area contributed by atoms with E-state index < -0.39 is 35.7 Å². The molecule has 2 aromatic heterocycles. The van der Waals surface area contributed by atoms with Crippen molar-refractivity contribution < 1.29 is 27.4 Å². The van der Waals surface area contributed by atoms with Crippen molar-refractivity contribution in [1.82, 2.24) is 14.5 Å². The van der Waals surface area contributed by atoms with Crippen LogP contribution in [0.3, 0.4) is 0 Å². The van der Waals surface area contributed by atoms with Gasteiger partial charge in [-0.05, 0) is 30.7 Å². The molecule has 0 radical (unpaired) electrons. The summed E-state index contributed by atoms with van der Waals surface area (Å²) < 4.78 is 57.7. The number of rotatable bonds is 5. The maximum atomic E-state index is 14.1. The van der Waals surface area contributed by atoms with E-state index in [4.69, 9.17) is 5.73 Å². The van der Waals surface area contributed by atoms with Gasteiger partial charge in [0.2, 0.25) is 0 Å². The van der Waals surface area contributed by atoms with Crippen LogP contribution in [0, 0.1) is 11.8 Å². The van der Waals surface area contributed by atoms with Crippen LogP contribution in [0.4, 0.5) is 23.4 Å². The zero-order valence-corrected chi connectivity index (χ0v) is 15.9. The Hall–Kier alpha value is -2.36. The second-order valence-electron chi connectivity index (χ2n) is 8.31. The first-order valence-electron chi connectivity index (χ1n) is 9.42. The normalized spacial score (nSPS) is 27.2. The third-order valence-corrected chi connectivity index (χ3v) is 5.91. The third kappa shape index (κ3) is 3.43. The summed E-state index contributed by atoms with van der Waals surface area (Å²) in [5, 5.41) is 10.7. The average molecular weight is 414 g/mol. The van der Waals surface area contributed by atoms with Gasteiger partial charge in [0.1, 0.15) is 18.1 Å². The molecule has 0 spiro atoms. The predicted octanol–water partition coefficient (Wildman–Crippen LogP) is 3.96. The van der Waals surface area contributed by atoms with Crippen LogP contribution in [0.25, 0.3) is 11.3 Å². The number of nitrogen functional groups attached to an aromatic ring is 1. The first kappa shape index (κ1) is 19.9. The Balaban J connectivity index is 1.76. The van der Waals surface area contributed by atoms with Crippen molar-refractivity contribution in [2.24, 2.45) is 11.8 Å². The van der Waals surface area contributed by atoms with Gasteiger partial charge >= 0.3 is 6.36 Å². The van der Waals surface area contributed by atoms with Crippen molar-refractivity contribution >= 4 is 5.82 Å². The number of anilines is 1. The van der Waals surface area contributed by atoms with Crippen LogP contribution in [-0.4, -0.2) is 32.2 Å². The number of hydrogen-bond donors (Lipinski definition) is 2. The van der Waals surface area contributed by atoms with Crippen LogP contribution < -0.4 is 10.5 Å². The second kappa shape index (κ2) is 6.58. The first-order chi connectivity index (χ1) is 13.5. The molecule has 10 heteroatoms. The van der Waals surface area contributed by atoms with Crippen LogP contribution in [-0.2, 0) is 5.54 Å². The molecule has 3 N–H and O–H groups in total. The zero-order valence-electron chi connectivity index (χ0n) is 15.9. The third-order valence-electron chi connectivity index (χ3n) is 5.91. The quantitative estimate of drug-likeness (QED) is 0.724. The number of aliphatic hydroxyl groups is 1. The monoisotopic (exact) mass is 414 g/mol. The van der Waals surface area contributed by atoms with Crippen LogP contribution >= 0.6 is 0 Å². The van der Waals surface area contributed by atoms with Crippen LogP contribution in [0.1, 0.15) is 45.0 Å². The molecular formula is C19H22F4N4O2. The minimum absolute atomic E-state index is 0.00914. The Kier molecular flexibility index (Phi) is 4.52. The van der Waals surface area contributed by atoms with Gasteiger partial charge in [-0.1, -0.05) is 13.8 Å². The Morgan fingerprint density at radius 2 is 2.00 bits per heavy atom. The number of pyridine rings is 1. The van der Waals surface area contributed by atoms with E-state index in [1.165, 1.54) is 6.20 Å². The maximum Gasteiger partial charge on any atom is 0.573 e. The fourth-order valence-corrected chi connectivity index (χ4v) is 4.39. The Morgan fingerprint density at radius 3 is 2.55 bits per heavy atom. The molecule has 3 saturated carbocycles. The summed E-state index contributed by atoms with van der Waals surface area (Å²) in [6, 6.07) is 1.11. The summed E-state index contributed by atoms with van der Waals surface area (Å²) in [6.45, 7) is 3.66. The second-order valence-corrected chi connectivity index (χ2v) is 8.31. The fraction of sp³-hybridized carbons (Fsp3) is 0.579. The van der Waals surface area contributed by atoms with Crippen LogP contribution in [0.5, 0.6) is 5.75 Å². The van der Waals surface area contributed by atoms with E-state index >= 15 is 0 Å². The van der Waals surface area contributed by atoms with Gasteiger partial charge in [0.05, 0.1) is 5.69 Å².